The van der Waals surface area contributed by atoms with Crippen LogP contribution in [0.3, 0.4) is 0 Å². The molecule has 0 atom stereocenters. The first-order valence-electron chi connectivity index (χ1n) is 6.83. The van der Waals surface area contributed by atoms with Crippen LogP contribution in [0.4, 0.5) is 13.2 Å². The van der Waals surface area contributed by atoms with E-state index in [-0.39, 0.29) is 29.0 Å². The van der Waals surface area contributed by atoms with E-state index in [0.29, 0.717) is 6.07 Å². The molecule has 0 radical (unpaired) electrons. The minimum Gasteiger partial charge on any atom is -0.294 e. The highest BCUT2D eigenvalue weighted by Gasteiger charge is 2.35. The molecule has 0 saturated carbocycles. The van der Waals surface area contributed by atoms with Gasteiger partial charge in [-0.2, -0.15) is 13.2 Å². The lowest BCUT2D eigenvalue weighted by atomic mass is 9.99. The van der Waals surface area contributed by atoms with Crippen LogP contribution in [0.1, 0.15) is 29.4 Å². The average Bonchev–Trinajstić information content (AvgIpc) is 2.52. The molecule has 2 aromatic rings. The van der Waals surface area contributed by atoms with Gasteiger partial charge in [0, 0.05) is 23.8 Å². The van der Waals surface area contributed by atoms with E-state index in [9.17, 15) is 26.4 Å². The largest absolute Gasteiger partial charge is 0.433 e. The molecule has 128 valence electrons. The molecule has 1 aromatic carbocycles. The number of Topliss-reactive ketones (excluding diaryl/α,β-unsaturated/α-hetero) is 1. The molecule has 0 amide bonds. The van der Waals surface area contributed by atoms with Crippen LogP contribution in [0.5, 0.6) is 0 Å². The van der Waals surface area contributed by atoms with Crippen molar-refractivity contribution in [1.82, 2.24) is 9.97 Å². The smallest absolute Gasteiger partial charge is 0.294 e. The predicted octanol–water partition coefficient (Wildman–Crippen LogP) is 3.16. The van der Waals surface area contributed by atoms with Gasteiger partial charge in [0.2, 0.25) is 15.0 Å². The first kappa shape index (κ1) is 18.1. The molecule has 0 spiro atoms. The number of rotatable bonds is 4. The number of carbonyl (C=O) groups is 1. The van der Waals surface area contributed by atoms with Crippen LogP contribution in [0.2, 0.25) is 0 Å². The molecule has 9 heteroatoms. The summed E-state index contributed by atoms with van der Waals surface area (Å²) in [6, 6.07) is 6.59. The second-order valence-corrected chi connectivity index (χ2v) is 6.92. The minimum absolute atomic E-state index is 0.127. The molecule has 24 heavy (non-hydrogen) atoms. The number of hydrogen-bond donors (Lipinski definition) is 0. The number of halogens is 3. The summed E-state index contributed by atoms with van der Waals surface area (Å²) in [5.74, 6) is -0.293. The monoisotopic (exact) mass is 358 g/mol. The van der Waals surface area contributed by atoms with Gasteiger partial charge < -0.3 is 0 Å². The predicted molar refractivity (Wildman–Crippen MR) is 80.2 cm³/mol. The SMILES string of the molecule is CCC(=O)c1ccccc1-c1cc(C(F)(F)F)nc(S(C)(=O)=O)n1. The van der Waals surface area contributed by atoms with Crippen molar-refractivity contribution in [2.45, 2.75) is 24.7 Å². The lowest BCUT2D eigenvalue weighted by Gasteiger charge is -2.12. The van der Waals surface area contributed by atoms with Crippen molar-refractivity contribution in [2.75, 3.05) is 6.26 Å². The summed E-state index contributed by atoms with van der Waals surface area (Å²) in [4.78, 5) is 18.8. The van der Waals surface area contributed by atoms with E-state index in [4.69, 9.17) is 0 Å². The zero-order chi connectivity index (χ0) is 18.1. The van der Waals surface area contributed by atoms with Gasteiger partial charge in [-0.3, -0.25) is 4.79 Å². The van der Waals surface area contributed by atoms with Gasteiger partial charge in [-0.15, -0.1) is 0 Å². The van der Waals surface area contributed by atoms with E-state index >= 15 is 0 Å². The number of sulfone groups is 1. The highest BCUT2D eigenvalue weighted by atomic mass is 32.2. The molecular formula is C15H13F3N2O3S. The molecule has 1 aromatic heterocycles. The molecule has 0 aliphatic heterocycles. The Morgan fingerprint density at radius 1 is 1.17 bits per heavy atom. The van der Waals surface area contributed by atoms with Crippen molar-refractivity contribution in [1.29, 1.82) is 0 Å². The molecule has 2 rings (SSSR count). The topological polar surface area (TPSA) is 77.0 Å². The third-order valence-corrected chi connectivity index (χ3v) is 4.00. The van der Waals surface area contributed by atoms with Gasteiger partial charge in [-0.1, -0.05) is 31.2 Å². The fourth-order valence-electron chi connectivity index (χ4n) is 2.01. The molecule has 0 bridgehead atoms. The highest BCUT2D eigenvalue weighted by Crippen LogP contribution is 2.32. The number of ketones is 1. The van der Waals surface area contributed by atoms with Crippen molar-refractivity contribution in [2.24, 2.45) is 0 Å². The quantitative estimate of drug-likeness (QED) is 0.620. The van der Waals surface area contributed by atoms with Gasteiger partial charge in [-0.25, -0.2) is 18.4 Å². The van der Waals surface area contributed by atoms with Gasteiger partial charge in [0.25, 0.3) is 0 Å². The Kier molecular flexibility index (Phi) is 4.75. The fourth-order valence-corrected chi connectivity index (χ4v) is 2.54. The highest BCUT2D eigenvalue weighted by molar-refractivity contribution is 7.90. The number of hydrogen-bond acceptors (Lipinski definition) is 5. The van der Waals surface area contributed by atoms with E-state index < -0.39 is 26.9 Å². The second-order valence-electron chi connectivity index (χ2n) is 5.01. The Morgan fingerprint density at radius 2 is 1.79 bits per heavy atom. The first-order chi connectivity index (χ1) is 11.0. The van der Waals surface area contributed by atoms with Crippen molar-refractivity contribution < 1.29 is 26.4 Å². The third-order valence-electron chi connectivity index (χ3n) is 3.15. The van der Waals surface area contributed by atoms with Crippen LogP contribution in [0.15, 0.2) is 35.5 Å². The van der Waals surface area contributed by atoms with Gasteiger partial charge >= 0.3 is 6.18 Å². The van der Waals surface area contributed by atoms with Crippen LogP contribution in [0.25, 0.3) is 11.3 Å². The Balaban J connectivity index is 2.79. The standard InChI is InChI=1S/C15H13F3N2O3S/c1-3-12(21)10-7-5-4-6-9(10)11-8-13(15(16,17)18)20-14(19-11)24(2,22)23/h4-8H,3H2,1-2H3. The Morgan fingerprint density at radius 3 is 2.33 bits per heavy atom. The van der Waals surface area contributed by atoms with E-state index in [1.807, 2.05) is 0 Å². The van der Waals surface area contributed by atoms with Crippen LogP contribution >= 0.6 is 0 Å². The Labute approximate surface area is 136 Å². The van der Waals surface area contributed by atoms with Gasteiger partial charge in [0.1, 0.15) is 5.69 Å². The summed E-state index contributed by atoms with van der Waals surface area (Å²) in [6.45, 7) is 1.61. The number of aromatic nitrogens is 2. The van der Waals surface area contributed by atoms with Gasteiger partial charge in [0.15, 0.2) is 5.78 Å². The van der Waals surface area contributed by atoms with Crippen LogP contribution in [-0.2, 0) is 16.0 Å². The van der Waals surface area contributed by atoms with Crippen LogP contribution in [0, 0.1) is 0 Å². The van der Waals surface area contributed by atoms with Crippen molar-refractivity contribution >= 4 is 15.6 Å². The number of alkyl halides is 3. The van der Waals surface area contributed by atoms with Crippen molar-refractivity contribution in [3.63, 3.8) is 0 Å². The summed E-state index contributed by atoms with van der Waals surface area (Å²) in [5, 5.41) is -0.939. The van der Waals surface area contributed by atoms with Gasteiger partial charge in [0.05, 0.1) is 5.69 Å². The lowest BCUT2D eigenvalue weighted by molar-refractivity contribution is -0.141. The summed E-state index contributed by atoms with van der Waals surface area (Å²) < 4.78 is 62.3. The summed E-state index contributed by atoms with van der Waals surface area (Å²) in [7, 11) is -4.06. The zero-order valence-electron chi connectivity index (χ0n) is 12.8. The zero-order valence-corrected chi connectivity index (χ0v) is 13.6. The Bertz CT molecular complexity index is 893. The van der Waals surface area contributed by atoms with Gasteiger partial charge in [-0.05, 0) is 6.07 Å². The normalized spacial score (nSPS) is 12.2. The maximum Gasteiger partial charge on any atom is 0.433 e. The second kappa shape index (κ2) is 6.31. The molecule has 0 saturated heterocycles. The molecule has 0 unspecified atom stereocenters. The summed E-state index contributed by atoms with van der Waals surface area (Å²) in [6.07, 6.45) is -3.98. The lowest BCUT2D eigenvalue weighted by Crippen LogP contribution is -2.14. The molecule has 0 fully saturated rings. The fraction of sp³-hybridized carbons (Fsp3) is 0.267. The van der Waals surface area contributed by atoms with E-state index in [2.05, 4.69) is 9.97 Å². The molecule has 0 aliphatic carbocycles. The maximum absolute atomic E-state index is 13.0. The van der Waals surface area contributed by atoms with Crippen LogP contribution < -0.4 is 0 Å². The van der Waals surface area contributed by atoms with E-state index in [1.165, 1.54) is 18.2 Å². The number of carbonyl (C=O) groups excluding carboxylic acids is 1. The Hall–Kier alpha value is -2.29. The number of benzene rings is 1. The molecule has 1 heterocycles. The molecule has 0 aliphatic rings. The molecule has 5 nitrogen and oxygen atoms in total. The first-order valence-corrected chi connectivity index (χ1v) is 8.72. The van der Waals surface area contributed by atoms with E-state index in [0.717, 1.165) is 6.26 Å². The van der Waals surface area contributed by atoms with Crippen LogP contribution in [-0.4, -0.2) is 30.4 Å². The summed E-state index contributed by atoms with van der Waals surface area (Å²) in [5.41, 5.74) is -1.35. The molecule has 0 N–H and O–H groups in total. The average molecular weight is 358 g/mol. The summed E-state index contributed by atoms with van der Waals surface area (Å²) >= 11 is 0. The third kappa shape index (κ3) is 3.78. The van der Waals surface area contributed by atoms with E-state index in [1.54, 1.807) is 13.0 Å². The number of nitrogens with zero attached hydrogens (tertiary/aromatic N) is 2. The van der Waals surface area contributed by atoms with Crippen molar-refractivity contribution in [3.8, 4) is 11.3 Å². The minimum atomic E-state index is -4.85. The molecular weight excluding hydrogens is 345 g/mol. The van der Waals surface area contributed by atoms with Crippen molar-refractivity contribution in [3.05, 3.63) is 41.6 Å². The maximum atomic E-state index is 13.0.